The monoisotopic (exact) mass is 243 g/mol. The van der Waals surface area contributed by atoms with E-state index in [0.717, 1.165) is 25.3 Å². The van der Waals surface area contributed by atoms with Gasteiger partial charge in [-0.1, -0.05) is 0 Å². The van der Waals surface area contributed by atoms with Crippen molar-refractivity contribution in [2.24, 2.45) is 0 Å². The molecule has 0 aliphatic rings. The molecule has 84 valence electrons. The summed E-state index contributed by atoms with van der Waals surface area (Å²) in [7, 11) is 1.13. The maximum atomic E-state index is 11.2. The van der Waals surface area contributed by atoms with Crippen LogP contribution in [0.5, 0.6) is 0 Å². The normalized spacial score (nSPS) is 9.62. The SMILES string of the molecule is COC(=O)c1ccc([N+](=O)[O-])cc1C(=O)Cl. The Labute approximate surface area is 94.9 Å². The fourth-order valence-electron chi connectivity index (χ4n) is 1.10. The van der Waals surface area contributed by atoms with Gasteiger partial charge in [-0.05, 0) is 17.7 Å². The number of halogens is 1. The zero-order valence-corrected chi connectivity index (χ0v) is 8.85. The van der Waals surface area contributed by atoms with Crippen molar-refractivity contribution in [1.29, 1.82) is 0 Å². The Bertz CT molecular complexity index is 471. The van der Waals surface area contributed by atoms with Crippen molar-refractivity contribution in [3.05, 3.63) is 39.4 Å². The van der Waals surface area contributed by atoms with Crippen LogP contribution in [-0.2, 0) is 4.74 Å². The van der Waals surface area contributed by atoms with Crippen LogP contribution in [0.3, 0.4) is 0 Å². The van der Waals surface area contributed by atoms with E-state index in [2.05, 4.69) is 4.74 Å². The van der Waals surface area contributed by atoms with Crippen molar-refractivity contribution >= 4 is 28.5 Å². The summed E-state index contributed by atoms with van der Waals surface area (Å²) in [6.45, 7) is 0. The Morgan fingerprint density at radius 2 is 2.00 bits per heavy atom. The second-order valence-electron chi connectivity index (χ2n) is 2.75. The molecule has 0 spiro atoms. The summed E-state index contributed by atoms with van der Waals surface area (Å²) < 4.78 is 4.41. The van der Waals surface area contributed by atoms with Crippen molar-refractivity contribution in [3.63, 3.8) is 0 Å². The number of nitro benzene ring substituents is 1. The minimum absolute atomic E-state index is 0.104. The predicted molar refractivity (Wildman–Crippen MR) is 54.6 cm³/mol. The number of nitrogens with zero attached hydrogens (tertiary/aromatic N) is 1. The first-order valence-corrected chi connectivity index (χ1v) is 4.41. The van der Waals surface area contributed by atoms with Gasteiger partial charge in [0.05, 0.1) is 23.2 Å². The maximum absolute atomic E-state index is 11.2. The van der Waals surface area contributed by atoms with Crippen molar-refractivity contribution in [2.45, 2.75) is 0 Å². The number of ether oxygens (including phenoxy) is 1. The Hall–Kier alpha value is -1.95. The van der Waals surface area contributed by atoms with Crippen LogP contribution in [0.15, 0.2) is 18.2 Å². The molecule has 0 aliphatic carbocycles. The van der Waals surface area contributed by atoms with E-state index >= 15 is 0 Å². The predicted octanol–water partition coefficient (Wildman–Crippen LogP) is 1.76. The lowest BCUT2D eigenvalue weighted by atomic mass is 10.1. The summed E-state index contributed by atoms with van der Waals surface area (Å²) in [5, 5.41) is 9.51. The van der Waals surface area contributed by atoms with Gasteiger partial charge in [0.2, 0.25) is 0 Å². The molecule has 1 aromatic rings. The Morgan fingerprint density at radius 3 is 2.44 bits per heavy atom. The number of methoxy groups -OCH3 is 1. The van der Waals surface area contributed by atoms with Gasteiger partial charge in [-0.25, -0.2) is 4.79 Å². The molecule has 0 fully saturated rings. The summed E-state index contributed by atoms with van der Waals surface area (Å²) in [6.07, 6.45) is 0. The second kappa shape index (κ2) is 4.71. The van der Waals surface area contributed by atoms with Gasteiger partial charge in [0.1, 0.15) is 0 Å². The van der Waals surface area contributed by atoms with Crippen LogP contribution in [0.2, 0.25) is 0 Å². The molecule has 0 heterocycles. The molecule has 0 N–H and O–H groups in total. The smallest absolute Gasteiger partial charge is 0.338 e. The summed E-state index contributed by atoms with van der Waals surface area (Å²) in [5.41, 5.74) is -0.674. The highest BCUT2D eigenvalue weighted by Crippen LogP contribution is 2.20. The van der Waals surface area contributed by atoms with Crippen LogP contribution in [0.1, 0.15) is 20.7 Å². The average molecular weight is 244 g/mol. The number of nitro groups is 1. The zero-order chi connectivity index (χ0) is 12.3. The van der Waals surface area contributed by atoms with E-state index in [1.807, 2.05) is 0 Å². The molecular formula is C9H6ClNO5. The summed E-state index contributed by atoms with van der Waals surface area (Å²) in [6, 6.07) is 3.15. The summed E-state index contributed by atoms with van der Waals surface area (Å²) >= 11 is 5.22. The third kappa shape index (κ3) is 2.34. The molecule has 0 aromatic heterocycles. The van der Waals surface area contributed by atoms with Crippen LogP contribution >= 0.6 is 11.6 Å². The number of hydrogen-bond acceptors (Lipinski definition) is 5. The van der Waals surface area contributed by atoms with E-state index in [0.29, 0.717) is 0 Å². The topological polar surface area (TPSA) is 86.5 Å². The van der Waals surface area contributed by atoms with Gasteiger partial charge in [-0.3, -0.25) is 14.9 Å². The molecule has 1 rings (SSSR count). The number of rotatable bonds is 3. The number of benzene rings is 1. The lowest BCUT2D eigenvalue weighted by Gasteiger charge is -2.03. The van der Waals surface area contributed by atoms with Crippen LogP contribution in [0.4, 0.5) is 5.69 Å². The van der Waals surface area contributed by atoms with Gasteiger partial charge in [0, 0.05) is 12.1 Å². The van der Waals surface area contributed by atoms with E-state index in [9.17, 15) is 19.7 Å². The molecule has 0 amide bonds. The van der Waals surface area contributed by atoms with Gasteiger partial charge in [-0.15, -0.1) is 0 Å². The molecule has 0 atom stereocenters. The molecule has 0 radical (unpaired) electrons. The minimum Gasteiger partial charge on any atom is -0.465 e. The third-order valence-corrected chi connectivity index (χ3v) is 2.03. The standard InChI is InChI=1S/C9H6ClNO5/c1-16-9(13)6-3-2-5(11(14)15)4-7(6)8(10)12/h2-4H,1H3. The molecule has 6 nitrogen and oxygen atoms in total. The van der Waals surface area contributed by atoms with Crippen molar-refractivity contribution < 1.29 is 19.2 Å². The lowest BCUT2D eigenvalue weighted by Crippen LogP contribution is -2.08. The van der Waals surface area contributed by atoms with Gasteiger partial charge in [-0.2, -0.15) is 0 Å². The van der Waals surface area contributed by atoms with E-state index in [1.54, 1.807) is 0 Å². The van der Waals surface area contributed by atoms with E-state index in [-0.39, 0.29) is 16.8 Å². The first-order valence-electron chi connectivity index (χ1n) is 4.04. The molecule has 0 aliphatic heterocycles. The lowest BCUT2D eigenvalue weighted by molar-refractivity contribution is -0.384. The average Bonchev–Trinajstić information content (AvgIpc) is 2.26. The highest BCUT2D eigenvalue weighted by molar-refractivity contribution is 6.68. The van der Waals surface area contributed by atoms with Crippen molar-refractivity contribution in [1.82, 2.24) is 0 Å². The van der Waals surface area contributed by atoms with Crippen LogP contribution in [-0.4, -0.2) is 23.2 Å². The molecule has 1 aromatic carbocycles. The van der Waals surface area contributed by atoms with Gasteiger partial charge in [0.25, 0.3) is 10.9 Å². The maximum Gasteiger partial charge on any atom is 0.338 e. The molecule has 0 saturated heterocycles. The Kier molecular flexibility index (Phi) is 3.57. The largest absolute Gasteiger partial charge is 0.465 e. The van der Waals surface area contributed by atoms with Crippen molar-refractivity contribution in [3.8, 4) is 0 Å². The van der Waals surface area contributed by atoms with Gasteiger partial charge >= 0.3 is 5.97 Å². The second-order valence-corrected chi connectivity index (χ2v) is 3.10. The fourth-order valence-corrected chi connectivity index (χ4v) is 1.25. The number of carbonyl (C=O) groups is 2. The third-order valence-electron chi connectivity index (χ3n) is 1.83. The number of carbonyl (C=O) groups excluding carboxylic acids is 2. The molecule has 0 bridgehead atoms. The number of hydrogen-bond donors (Lipinski definition) is 0. The highest BCUT2D eigenvalue weighted by Gasteiger charge is 2.20. The van der Waals surface area contributed by atoms with E-state index in [4.69, 9.17) is 11.6 Å². The minimum atomic E-state index is -0.955. The summed E-state index contributed by atoms with van der Waals surface area (Å²) in [4.78, 5) is 32.0. The first-order chi connectivity index (χ1) is 7.47. The first kappa shape index (κ1) is 12.1. The van der Waals surface area contributed by atoms with E-state index in [1.165, 1.54) is 0 Å². The van der Waals surface area contributed by atoms with Crippen molar-refractivity contribution in [2.75, 3.05) is 7.11 Å². The van der Waals surface area contributed by atoms with Crippen LogP contribution in [0.25, 0.3) is 0 Å². The fraction of sp³-hybridized carbons (Fsp3) is 0.111. The zero-order valence-electron chi connectivity index (χ0n) is 8.10. The van der Waals surface area contributed by atoms with Gasteiger partial charge < -0.3 is 4.74 Å². The molecule has 7 heteroatoms. The van der Waals surface area contributed by atoms with Gasteiger partial charge in [0.15, 0.2) is 0 Å². The molecule has 0 saturated carbocycles. The molecular weight excluding hydrogens is 238 g/mol. The quantitative estimate of drug-likeness (QED) is 0.349. The number of non-ortho nitro benzene ring substituents is 1. The molecule has 0 unspecified atom stereocenters. The van der Waals surface area contributed by atoms with Crippen LogP contribution in [0, 0.1) is 10.1 Å². The summed E-state index contributed by atoms with van der Waals surface area (Å²) in [5.74, 6) is -0.779. The Balaban J connectivity index is 3.36. The molecule has 16 heavy (non-hydrogen) atoms. The van der Waals surface area contributed by atoms with Crippen LogP contribution < -0.4 is 0 Å². The van der Waals surface area contributed by atoms with E-state index < -0.39 is 16.1 Å². The Morgan fingerprint density at radius 1 is 1.38 bits per heavy atom. The number of esters is 1. The highest BCUT2D eigenvalue weighted by atomic mass is 35.5.